The first-order chi connectivity index (χ1) is 12.0. The Morgan fingerprint density at radius 1 is 1.12 bits per heavy atom. The second-order valence-electron chi connectivity index (χ2n) is 5.21. The van der Waals surface area contributed by atoms with Crippen molar-refractivity contribution in [1.82, 2.24) is 10.7 Å². The molecule has 0 aromatic heterocycles. The first-order valence-electron chi connectivity index (χ1n) is 7.53. The van der Waals surface area contributed by atoms with Gasteiger partial charge in [0.2, 0.25) is 0 Å². The van der Waals surface area contributed by atoms with Crippen molar-refractivity contribution >= 4 is 34.0 Å². The third kappa shape index (κ3) is 5.72. The molecule has 2 amide bonds. The minimum absolute atomic E-state index is 0.345. The maximum absolute atomic E-state index is 12.1. The van der Waals surface area contributed by atoms with E-state index in [0.29, 0.717) is 11.3 Å². The van der Waals surface area contributed by atoms with Gasteiger partial charge < -0.3 is 10.1 Å². The maximum Gasteiger partial charge on any atom is 0.262 e. The molecule has 2 aromatic carbocycles. The highest BCUT2D eigenvalue weighted by atomic mass is 79.9. The zero-order valence-corrected chi connectivity index (χ0v) is 15.4. The van der Waals surface area contributed by atoms with E-state index in [1.807, 2.05) is 24.3 Å². The number of benzene rings is 2. The Bertz CT molecular complexity index is 758. The number of halogens is 1. The number of hydrogen-bond acceptors (Lipinski definition) is 4. The van der Waals surface area contributed by atoms with Crippen LogP contribution in [-0.2, 0) is 4.79 Å². The number of rotatable bonds is 6. The van der Waals surface area contributed by atoms with E-state index in [4.69, 9.17) is 4.74 Å². The highest BCUT2D eigenvalue weighted by Crippen LogP contribution is 2.11. The van der Waals surface area contributed by atoms with Gasteiger partial charge in [-0.25, -0.2) is 5.43 Å². The van der Waals surface area contributed by atoms with Crippen LogP contribution in [0.1, 0.15) is 22.8 Å². The predicted molar refractivity (Wildman–Crippen MR) is 99.8 cm³/mol. The summed E-state index contributed by atoms with van der Waals surface area (Å²) in [5, 5.41) is 6.50. The number of hydrazone groups is 1. The van der Waals surface area contributed by atoms with Crippen LogP contribution in [0, 0.1) is 0 Å². The molecule has 2 N–H and O–H groups in total. The summed E-state index contributed by atoms with van der Waals surface area (Å²) in [4.78, 5) is 24.1. The van der Waals surface area contributed by atoms with Gasteiger partial charge in [0, 0.05) is 10.0 Å². The van der Waals surface area contributed by atoms with Gasteiger partial charge in [-0.2, -0.15) is 5.10 Å². The molecular weight excluding hydrogens is 386 g/mol. The van der Waals surface area contributed by atoms with Gasteiger partial charge in [-0.1, -0.05) is 28.1 Å². The van der Waals surface area contributed by atoms with Gasteiger partial charge >= 0.3 is 0 Å². The largest absolute Gasteiger partial charge is 0.497 e. The van der Waals surface area contributed by atoms with Crippen LogP contribution in [-0.4, -0.2) is 31.2 Å². The molecule has 0 radical (unpaired) electrons. The predicted octanol–water partition coefficient (Wildman–Crippen LogP) is 2.73. The zero-order chi connectivity index (χ0) is 18.2. The number of carbonyl (C=O) groups excluding carboxylic acids is 2. The molecule has 7 heteroatoms. The average molecular weight is 404 g/mol. The highest BCUT2D eigenvalue weighted by Gasteiger charge is 2.16. The second kappa shape index (κ2) is 8.98. The highest BCUT2D eigenvalue weighted by molar-refractivity contribution is 9.10. The topological polar surface area (TPSA) is 79.8 Å². The van der Waals surface area contributed by atoms with Crippen LogP contribution >= 0.6 is 15.9 Å². The van der Waals surface area contributed by atoms with Crippen LogP contribution in [0.4, 0.5) is 0 Å². The van der Waals surface area contributed by atoms with Crippen LogP contribution in [0.25, 0.3) is 0 Å². The first-order valence-corrected chi connectivity index (χ1v) is 8.32. The summed E-state index contributed by atoms with van der Waals surface area (Å²) in [5.74, 6) is -0.0953. The van der Waals surface area contributed by atoms with Crippen molar-refractivity contribution in [2.75, 3.05) is 7.11 Å². The van der Waals surface area contributed by atoms with E-state index in [0.717, 1.165) is 10.0 Å². The van der Waals surface area contributed by atoms with E-state index in [2.05, 4.69) is 31.8 Å². The third-order valence-corrected chi connectivity index (χ3v) is 3.88. The van der Waals surface area contributed by atoms with Gasteiger partial charge in [-0.15, -0.1) is 0 Å². The van der Waals surface area contributed by atoms with E-state index in [1.165, 1.54) is 6.21 Å². The Morgan fingerprint density at radius 3 is 2.36 bits per heavy atom. The van der Waals surface area contributed by atoms with Crippen LogP contribution in [0.3, 0.4) is 0 Å². The first kappa shape index (κ1) is 18.7. The van der Waals surface area contributed by atoms with Gasteiger partial charge in [0.25, 0.3) is 11.8 Å². The van der Waals surface area contributed by atoms with Gasteiger partial charge in [0.05, 0.1) is 13.3 Å². The number of amides is 2. The van der Waals surface area contributed by atoms with Crippen LogP contribution in [0.2, 0.25) is 0 Å². The van der Waals surface area contributed by atoms with E-state index >= 15 is 0 Å². The van der Waals surface area contributed by atoms with Gasteiger partial charge in [-0.3, -0.25) is 9.59 Å². The summed E-state index contributed by atoms with van der Waals surface area (Å²) in [6, 6.07) is 13.4. The number of ether oxygens (including phenoxy) is 1. The van der Waals surface area contributed by atoms with E-state index < -0.39 is 11.9 Å². The standard InChI is InChI=1S/C18H18BrN3O3/c1-12(21-18(24)14-5-9-16(25-2)10-6-14)17(23)22-20-11-13-3-7-15(19)8-4-13/h3-12H,1-2H3,(H,21,24)(H,22,23). The fourth-order valence-electron chi connectivity index (χ4n) is 1.90. The molecule has 0 aliphatic heterocycles. The van der Waals surface area contributed by atoms with Crippen LogP contribution in [0.5, 0.6) is 5.75 Å². The average Bonchev–Trinajstić information content (AvgIpc) is 2.63. The Kier molecular flexibility index (Phi) is 6.71. The molecule has 0 aliphatic rings. The Balaban J connectivity index is 1.86. The van der Waals surface area contributed by atoms with Crippen molar-refractivity contribution < 1.29 is 14.3 Å². The number of methoxy groups -OCH3 is 1. The Morgan fingerprint density at radius 2 is 1.76 bits per heavy atom. The smallest absolute Gasteiger partial charge is 0.262 e. The summed E-state index contributed by atoms with van der Waals surface area (Å²) in [7, 11) is 1.55. The molecule has 2 aromatic rings. The van der Waals surface area contributed by atoms with Gasteiger partial charge in [-0.05, 0) is 48.9 Å². The molecule has 0 fully saturated rings. The summed E-state index contributed by atoms with van der Waals surface area (Å²) < 4.78 is 6.00. The fourth-order valence-corrected chi connectivity index (χ4v) is 2.17. The Labute approximate surface area is 154 Å². The molecule has 1 atom stereocenters. The van der Waals surface area contributed by atoms with Crippen molar-refractivity contribution in [1.29, 1.82) is 0 Å². The van der Waals surface area contributed by atoms with Crippen molar-refractivity contribution in [2.45, 2.75) is 13.0 Å². The maximum atomic E-state index is 12.1. The third-order valence-electron chi connectivity index (χ3n) is 3.35. The molecule has 0 saturated carbocycles. The number of carbonyl (C=O) groups is 2. The van der Waals surface area contributed by atoms with Gasteiger partial charge in [0.1, 0.15) is 11.8 Å². The van der Waals surface area contributed by atoms with Crippen LogP contribution < -0.4 is 15.5 Å². The van der Waals surface area contributed by atoms with Crippen LogP contribution in [0.15, 0.2) is 58.1 Å². The quantitative estimate of drug-likeness (QED) is 0.574. The van der Waals surface area contributed by atoms with E-state index in [1.54, 1.807) is 38.3 Å². The minimum atomic E-state index is -0.725. The molecule has 2 rings (SSSR count). The van der Waals surface area contributed by atoms with Crippen molar-refractivity contribution in [3.63, 3.8) is 0 Å². The van der Waals surface area contributed by atoms with E-state index in [9.17, 15) is 9.59 Å². The molecule has 0 heterocycles. The molecule has 0 spiro atoms. The monoisotopic (exact) mass is 403 g/mol. The lowest BCUT2D eigenvalue weighted by molar-refractivity contribution is -0.122. The molecule has 130 valence electrons. The minimum Gasteiger partial charge on any atom is -0.497 e. The van der Waals surface area contributed by atoms with Crippen molar-refractivity contribution in [3.8, 4) is 5.75 Å². The molecule has 6 nitrogen and oxygen atoms in total. The lowest BCUT2D eigenvalue weighted by Gasteiger charge is -2.12. The zero-order valence-electron chi connectivity index (χ0n) is 13.8. The van der Waals surface area contributed by atoms with Gasteiger partial charge in [0.15, 0.2) is 0 Å². The molecule has 0 bridgehead atoms. The number of nitrogens with zero attached hydrogens (tertiary/aromatic N) is 1. The summed E-state index contributed by atoms with van der Waals surface area (Å²) >= 11 is 3.34. The lowest BCUT2D eigenvalue weighted by Crippen LogP contribution is -2.43. The fraction of sp³-hybridized carbons (Fsp3) is 0.167. The normalized spacial score (nSPS) is 11.8. The molecule has 1 unspecified atom stereocenters. The van der Waals surface area contributed by atoms with Crippen molar-refractivity contribution in [3.05, 3.63) is 64.1 Å². The number of nitrogens with one attached hydrogen (secondary N) is 2. The summed E-state index contributed by atoms with van der Waals surface area (Å²) in [6.45, 7) is 1.59. The SMILES string of the molecule is COc1ccc(C(=O)NC(C)C(=O)NN=Cc2ccc(Br)cc2)cc1. The molecule has 0 aliphatic carbocycles. The lowest BCUT2D eigenvalue weighted by atomic mass is 10.2. The van der Waals surface area contributed by atoms with E-state index in [-0.39, 0.29) is 5.91 Å². The summed E-state index contributed by atoms with van der Waals surface area (Å²) in [5.41, 5.74) is 3.69. The van der Waals surface area contributed by atoms with Crippen molar-refractivity contribution in [2.24, 2.45) is 5.10 Å². The number of hydrogen-bond donors (Lipinski definition) is 2. The second-order valence-corrected chi connectivity index (χ2v) is 6.13. The summed E-state index contributed by atoms with van der Waals surface area (Å²) in [6.07, 6.45) is 1.53. The Hall–Kier alpha value is -2.67. The molecule has 0 saturated heterocycles. The molecule has 25 heavy (non-hydrogen) atoms. The molecular formula is C18H18BrN3O3.